The molecule has 1 aromatic rings. The predicted molar refractivity (Wildman–Crippen MR) is 53.4 cm³/mol. The van der Waals surface area contributed by atoms with Crippen molar-refractivity contribution in [1.29, 1.82) is 0 Å². The van der Waals surface area contributed by atoms with Gasteiger partial charge in [-0.05, 0) is 17.5 Å². The van der Waals surface area contributed by atoms with Crippen molar-refractivity contribution in [2.75, 3.05) is 0 Å². The number of hydrogen-bond donors (Lipinski definition) is 2. The van der Waals surface area contributed by atoms with Gasteiger partial charge in [-0.25, -0.2) is 0 Å². The average Bonchev–Trinajstić information content (AvgIpc) is 2.56. The highest BCUT2D eigenvalue weighted by Gasteiger charge is 2.37. The molecule has 0 aromatic heterocycles. The van der Waals surface area contributed by atoms with Crippen LogP contribution in [0, 0.1) is 0 Å². The highest BCUT2D eigenvalue weighted by Crippen LogP contribution is 2.41. The molecule has 0 radical (unpaired) electrons. The molecule has 15 heavy (non-hydrogen) atoms. The summed E-state index contributed by atoms with van der Waals surface area (Å²) in [4.78, 5) is 22.1. The van der Waals surface area contributed by atoms with Crippen LogP contribution in [0.2, 0.25) is 0 Å². The number of carboxylic acids is 1. The van der Waals surface area contributed by atoms with Crippen LogP contribution in [0.15, 0.2) is 24.3 Å². The molecule has 0 bridgehead atoms. The van der Waals surface area contributed by atoms with Gasteiger partial charge in [0.15, 0.2) is 0 Å². The minimum absolute atomic E-state index is 0.282. The number of carboxylic acid groups (broad SMARTS) is 1. The Morgan fingerprint density at radius 1 is 1.20 bits per heavy atom. The van der Waals surface area contributed by atoms with Crippen LogP contribution >= 0.6 is 0 Å². The molecule has 4 nitrogen and oxygen atoms in total. The Kier molecular flexibility index (Phi) is 2.19. The minimum Gasteiger partial charge on any atom is -0.481 e. The summed E-state index contributed by atoms with van der Waals surface area (Å²) in [6.07, 6.45) is 0.282. The van der Waals surface area contributed by atoms with Crippen molar-refractivity contribution in [2.24, 2.45) is 5.73 Å². The van der Waals surface area contributed by atoms with Crippen LogP contribution in [0.1, 0.15) is 29.4 Å². The smallest absolute Gasteiger partial charge is 0.311 e. The number of amides is 1. The molecule has 78 valence electrons. The zero-order chi connectivity index (χ0) is 11.0. The number of fused-ring (bicyclic) bond motifs is 1. The molecule has 0 saturated heterocycles. The van der Waals surface area contributed by atoms with E-state index in [1.807, 2.05) is 0 Å². The summed E-state index contributed by atoms with van der Waals surface area (Å²) >= 11 is 0. The van der Waals surface area contributed by atoms with Crippen LogP contribution in [-0.2, 0) is 9.59 Å². The fourth-order valence-electron chi connectivity index (χ4n) is 2.14. The van der Waals surface area contributed by atoms with Gasteiger partial charge in [0, 0.05) is 0 Å². The summed E-state index contributed by atoms with van der Waals surface area (Å²) in [5.41, 5.74) is 6.72. The van der Waals surface area contributed by atoms with E-state index in [1.165, 1.54) is 0 Å². The molecule has 3 N–H and O–H groups in total. The molecule has 0 heterocycles. The first-order valence-corrected chi connectivity index (χ1v) is 4.72. The second-order valence-corrected chi connectivity index (χ2v) is 3.71. The number of nitrogens with two attached hydrogens (primary N) is 1. The number of carbonyl (C=O) groups excluding carboxylic acids is 1. The zero-order valence-electron chi connectivity index (χ0n) is 8.01. The molecule has 1 amide bonds. The van der Waals surface area contributed by atoms with E-state index in [-0.39, 0.29) is 6.42 Å². The molecule has 1 aliphatic carbocycles. The molecular weight excluding hydrogens is 194 g/mol. The SMILES string of the molecule is NC(=O)C1CC(C(=O)O)c2ccccc21. The molecule has 2 unspecified atom stereocenters. The van der Waals surface area contributed by atoms with Crippen molar-refractivity contribution in [1.82, 2.24) is 0 Å². The molecule has 2 rings (SSSR count). The Balaban J connectivity index is 2.48. The molecule has 0 fully saturated rings. The van der Waals surface area contributed by atoms with Gasteiger partial charge in [0.25, 0.3) is 0 Å². The highest BCUT2D eigenvalue weighted by atomic mass is 16.4. The summed E-state index contributed by atoms with van der Waals surface area (Å²) in [6.45, 7) is 0. The Labute approximate surface area is 86.7 Å². The molecule has 4 heteroatoms. The maximum absolute atomic E-state index is 11.2. The van der Waals surface area contributed by atoms with Crippen molar-refractivity contribution in [3.63, 3.8) is 0 Å². The van der Waals surface area contributed by atoms with E-state index in [2.05, 4.69) is 0 Å². The van der Waals surface area contributed by atoms with Crippen LogP contribution in [0.3, 0.4) is 0 Å². The van der Waals surface area contributed by atoms with Crippen molar-refractivity contribution in [3.05, 3.63) is 35.4 Å². The number of primary amides is 1. The first kappa shape index (κ1) is 9.71. The van der Waals surface area contributed by atoms with Crippen molar-refractivity contribution >= 4 is 11.9 Å². The lowest BCUT2D eigenvalue weighted by Crippen LogP contribution is -2.20. The van der Waals surface area contributed by atoms with Crippen molar-refractivity contribution in [3.8, 4) is 0 Å². The molecule has 0 aliphatic heterocycles. The monoisotopic (exact) mass is 205 g/mol. The summed E-state index contributed by atoms with van der Waals surface area (Å²) in [5, 5.41) is 9.01. The topological polar surface area (TPSA) is 80.4 Å². The minimum atomic E-state index is -0.897. The fourth-order valence-corrected chi connectivity index (χ4v) is 2.14. The van der Waals surface area contributed by atoms with Crippen LogP contribution in [0.5, 0.6) is 0 Å². The van der Waals surface area contributed by atoms with Crippen molar-refractivity contribution < 1.29 is 14.7 Å². The normalized spacial score (nSPS) is 23.5. The molecule has 0 saturated carbocycles. The van der Waals surface area contributed by atoms with Gasteiger partial charge in [0.2, 0.25) is 5.91 Å². The third-order valence-corrected chi connectivity index (χ3v) is 2.86. The molecular formula is C11H11NO3. The summed E-state index contributed by atoms with van der Waals surface area (Å²) in [7, 11) is 0. The largest absolute Gasteiger partial charge is 0.481 e. The maximum Gasteiger partial charge on any atom is 0.311 e. The van der Waals surface area contributed by atoms with Crippen LogP contribution in [0.25, 0.3) is 0 Å². The fraction of sp³-hybridized carbons (Fsp3) is 0.273. The van der Waals surface area contributed by atoms with E-state index in [9.17, 15) is 9.59 Å². The number of rotatable bonds is 2. The van der Waals surface area contributed by atoms with Crippen LogP contribution < -0.4 is 5.73 Å². The average molecular weight is 205 g/mol. The van der Waals surface area contributed by atoms with Gasteiger partial charge in [0.1, 0.15) is 0 Å². The maximum atomic E-state index is 11.2. The molecule has 1 aliphatic rings. The number of benzene rings is 1. The van der Waals surface area contributed by atoms with Crippen LogP contribution in [-0.4, -0.2) is 17.0 Å². The predicted octanol–water partition coefficient (Wildman–Crippen LogP) is 0.827. The van der Waals surface area contributed by atoms with E-state index in [0.717, 1.165) is 5.56 Å². The molecule has 0 spiro atoms. The lowest BCUT2D eigenvalue weighted by Gasteiger charge is -2.04. The zero-order valence-corrected chi connectivity index (χ0v) is 8.01. The Morgan fingerprint density at radius 3 is 2.20 bits per heavy atom. The highest BCUT2D eigenvalue weighted by molar-refractivity contribution is 5.88. The van der Waals surface area contributed by atoms with Gasteiger partial charge < -0.3 is 10.8 Å². The second kappa shape index (κ2) is 3.38. The van der Waals surface area contributed by atoms with Crippen LogP contribution in [0.4, 0.5) is 0 Å². The third kappa shape index (κ3) is 1.48. The third-order valence-electron chi connectivity index (χ3n) is 2.86. The van der Waals surface area contributed by atoms with Gasteiger partial charge >= 0.3 is 5.97 Å². The summed E-state index contributed by atoms with van der Waals surface area (Å²) < 4.78 is 0. The van der Waals surface area contributed by atoms with Crippen molar-refractivity contribution in [2.45, 2.75) is 18.3 Å². The lowest BCUT2D eigenvalue weighted by atomic mass is 10.0. The number of carbonyl (C=O) groups is 2. The van der Waals surface area contributed by atoms with E-state index in [1.54, 1.807) is 24.3 Å². The Morgan fingerprint density at radius 2 is 1.73 bits per heavy atom. The van der Waals surface area contributed by atoms with E-state index >= 15 is 0 Å². The van der Waals surface area contributed by atoms with E-state index < -0.39 is 23.7 Å². The summed E-state index contributed by atoms with van der Waals surface area (Å²) in [5.74, 6) is -2.40. The lowest BCUT2D eigenvalue weighted by molar-refractivity contribution is -0.138. The van der Waals surface area contributed by atoms with Gasteiger partial charge in [-0.1, -0.05) is 24.3 Å². The van der Waals surface area contributed by atoms with E-state index in [0.29, 0.717) is 5.56 Å². The standard InChI is InChI=1S/C11H11NO3/c12-10(13)8-5-9(11(14)15)7-4-2-1-3-6(7)8/h1-4,8-9H,5H2,(H2,12,13)(H,14,15). The molecule has 2 atom stereocenters. The van der Waals surface area contributed by atoms with Gasteiger partial charge in [-0.3, -0.25) is 9.59 Å². The Hall–Kier alpha value is -1.84. The van der Waals surface area contributed by atoms with Gasteiger partial charge in [-0.2, -0.15) is 0 Å². The molecule has 1 aromatic carbocycles. The summed E-state index contributed by atoms with van der Waals surface area (Å²) in [6, 6.07) is 7.09. The quantitative estimate of drug-likeness (QED) is 0.750. The van der Waals surface area contributed by atoms with Gasteiger partial charge in [-0.15, -0.1) is 0 Å². The van der Waals surface area contributed by atoms with Gasteiger partial charge in [0.05, 0.1) is 11.8 Å². The first-order chi connectivity index (χ1) is 7.11. The second-order valence-electron chi connectivity index (χ2n) is 3.71. The Bertz CT molecular complexity index is 389. The number of aliphatic carboxylic acids is 1. The van der Waals surface area contributed by atoms with E-state index in [4.69, 9.17) is 10.8 Å². The first-order valence-electron chi connectivity index (χ1n) is 4.72. The number of hydrogen-bond acceptors (Lipinski definition) is 2.